The van der Waals surface area contributed by atoms with Crippen LogP contribution in [-0.2, 0) is 0 Å². The summed E-state index contributed by atoms with van der Waals surface area (Å²) in [6, 6.07) is 8.63. The predicted molar refractivity (Wildman–Crippen MR) is 67.5 cm³/mol. The third-order valence-corrected chi connectivity index (χ3v) is 3.46. The van der Waals surface area contributed by atoms with Crippen LogP contribution in [0.5, 0.6) is 0 Å². The minimum atomic E-state index is 0.493. The molecule has 1 unspecified atom stereocenters. The SMILES string of the molecule is BC1=C[C@@H]2C(=C)c3ccccc3C2C=C1. The topological polar surface area (TPSA) is 0 Å². The minimum Gasteiger partial charge on any atom is -0.0946 e. The van der Waals surface area contributed by atoms with E-state index in [1.54, 1.807) is 0 Å². The van der Waals surface area contributed by atoms with E-state index in [-0.39, 0.29) is 0 Å². The standard InChI is InChI=1S/C14H13B/c1-9-11-4-2-3-5-12(11)13-7-6-10(15)8-14(9)13/h2-8,13-14H,1,15H2/t13?,14-/m1/s1. The van der Waals surface area contributed by atoms with Gasteiger partial charge in [-0.3, -0.25) is 0 Å². The van der Waals surface area contributed by atoms with Crippen LogP contribution in [0.25, 0.3) is 5.57 Å². The van der Waals surface area contributed by atoms with E-state index in [0.29, 0.717) is 11.8 Å². The van der Waals surface area contributed by atoms with Crippen molar-refractivity contribution < 1.29 is 0 Å². The fourth-order valence-electron chi connectivity index (χ4n) is 2.69. The molecule has 0 spiro atoms. The summed E-state index contributed by atoms with van der Waals surface area (Å²) in [5.74, 6) is 1.02. The third kappa shape index (κ3) is 1.16. The van der Waals surface area contributed by atoms with E-state index in [1.165, 1.54) is 22.2 Å². The Labute approximate surface area is 91.4 Å². The first kappa shape index (κ1) is 8.78. The molecule has 0 N–H and O–H groups in total. The van der Waals surface area contributed by atoms with Crippen LogP contribution in [0.1, 0.15) is 17.0 Å². The fourth-order valence-corrected chi connectivity index (χ4v) is 2.69. The Morgan fingerprint density at radius 1 is 1.13 bits per heavy atom. The van der Waals surface area contributed by atoms with Crippen molar-refractivity contribution in [2.75, 3.05) is 0 Å². The largest absolute Gasteiger partial charge is 0.138 e. The van der Waals surface area contributed by atoms with E-state index < -0.39 is 0 Å². The molecule has 0 fully saturated rings. The molecule has 0 aliphatic heterocycles. The lowest BCUT2D eigenvalue weighted by Crippen LogP contribution is -2.06. The van der Waals surface area contributed by atoms with E-state index >= 15 is 0 Å². The fraction of sp³-hybridized carbons (Fsp3) is 0.143. The molecule has 0 saturated heterocycles. The quantitative estimate of drug-likeness (QED) is 0.554. The Kier molecular flexibility index (Phi) is 1.75. The van der Waals surface area contributed by atoms with Crippen LogP contribution in [0.15, 0.2) is 54.5 Å². The summed E-state index contributed by atoms with van der Waals surface area (Å²) in [4.78, 5) is 0. The molecule has 1 aromatic rings. The van der Waals surface area contributed by atoms with Crippen molar-refractivity contribution in [3.63, 3.8) is 0 Å². The second-order valence-corrected chi connectivity index (χ2v) is 4.43. The van der Waals surface area contributed by atoms with Gasteiger partial charge in [0.25, 0.3) is 0 Å². The molecule has 2 atom stereocenters. The molecule has 3 rings (SSSR count). The van der Waals surface area contributed by atoms with Crippen LogP contribution in [0.3, 0.4) is 0 Å². The second-order valence-electron chi connectivity index (χ2n) is 4.43. The van der Waals surface area contributed by atoms with Gasteiger partial charge in [-0.05, 0) is 16.7 Å². The molecule has 2 aliphatic rings. The van der Waals surface area contributed by atoms with Gasteiger partial charge in [-0.1, -0.05) is 54.5 Å². The van der Waals surface area contributed by atoms with E-state index in [9.17, 15) is 0 Å². The Morgan fingerprint density at radius 3 is 2.80 bits per heavy atom. The number of hydrogen-bond acceptors (Lipinski definition) is 0. The molecule has 0 heterocycles. The summed E-state index contributed by atoms with van der Waals surface area (Å²) in [6.07, 6.45) is 6.88. The zero-order valence-corrected chi connectivity index (χ0v) is 8.90. The molecule has 0 nitrogen and oxygen atoms in total. The van der Waals surface area contributed by atoms with Crippen LogP contribution >= 0.6 is 0 Å². The molecule has 0 radical (unpaired) electrons. The van der Waals surface area contributed by atoms with Crippen LogP contribution in [0.4, 0.5) is 0 Å². The molecule has 0 amide bonds. The summed E-state index contributed by atoms with van der Waals surface area (Å²) < 4.78 is 0. The number of fused-ring (bicyclic) bond motifs is 3. The van der Waals surface area contributed by atoms with Crippen molar-refractivity contribution in [1.29, 1.82) is 0 Å². The first-order valence-corrected chi connectivity index (χ1v) is 5.42. The monoisotopic (exact) mass is 192 g/mol. The highest BCUT2D eigenvalue weighted by atomic mass is 14.4. The maximum absolute atomic E-state index is 4.24. The number of allylic oxidation sites excluding steroid dienone is 5. The lowest BCUT2D eigenvalue weighted by atomic mass is 9.79. The van der Waals surface area contributed by atoms with Gasteiger partial charge in [0.15, 0.2) is 0 Å². The van der Waals surface area contributed by atoms with Crippen LogP contribution < -0.4 is 0 Å². The smallest absolute Gasteiger partial charge is 0.0946 e. The molecule has 72 valence electrons. The first-order chi connectivity index (χ1) is 7.27. The normalized spacial score (nSPS) is 27.2. The van der Waals surface area contributed by atoms with E-state index in [0.717, 1.165) is 0 Å². The zero-order valence-electron chi connectivity index (χ0n) is 8.90. The van der Waals surface area contributed by atoms with Crippen LogP contribution in [0.2, 0.25) is 0 Å². The average Bonchev–Trinajstić information content (AvgIpc) is 2.54. The molecule has 0 saturated carbocycles. The molecule has 1 heteroatoms. The molecule has 0 aromatic heterocycles. The van der Waals surface area contributed by atoms with Crippen molar-refractivity contribution in [3.8, 4) is 0 Å². The number of hydrogen-bond donors (Lipinski definition) is 0. The molecular formula is C14H13B. The van der Waals surface area contributed by atoms with Crippen LogP contribution in [-0.4, -0.2) is 7.85 Å². The highest BCUT2D eigenvalue weighted by Gasteiger charge is 2.33. The Balaban J connectivity index is 2.18. The number of rotatable bonds is 0. The van der Waals surface area contributed by atoms with Gasteiger partial charge < -0.3 is 0 Å². The maximum Gasteiger partial charge on any atom is 0.138 e. The van der Waals surface area contributed by atoms with Gasteiger partial charge in [0, 0.05) is 11.8 Å². The summed E-state index contributed by atoms with van der Waals surface area (Å²) in [5.41, 5.74) is 5.42. The van der Waals surface area contributed by atoms with Crippen molar-refractivity contribution in [3.05, 3.63) is 65.7 Å². The second kappa shape index (κ2) is 3.00. The van der Waals surface area contributed by atoms with Crippen molar-refractivity contribution in [1.82, 2.24) is 0 Å². The lowest BCUT2D eigenvalue weighted by molar-refractivity contribution is 0.751. The summed E-state index contributed by atoms with van der Waals surface area (Å²) in [7, 11) is 2.16. The number of benzene rings is 1. The van der Waals surface area contributed by atoms with E-state index in [1.807, 2.05) is 0 Å². The average molecular weight is 192 g/mol. The van der Waals surface area contributed by atoms with Crippen LogP contribution in [0, 0.1) is 5.92 Å². The maximum atomic E-state index is 4.24. The molecular weight excluding hydrogens is 179 g/mol. The zero-order chi connectivity index (χ0) is 10.4. The lowest BCUT2D eigenvalue weighted by Gasteiger charge is -2.18. The first-order valence-electron chi connectivity index (χ1n) is 5.42. The van der Waals surface area contributed by atoms with Gasteiger partial charge >= 0.3 is 0 Å². The van der Waals surface area contributed by atoms with E-state index in [4.69, 9.17) is 0 Å². The Bertz CT molecular complexity index is 494. The van der Waals surface area contributed by atoms with Gasteiger partial charge in [0.1, 0.15) is 7.85 Å². The third-order valence-electron chi connectivity index (χ3n) is 3.46. The Hall–Kier alpha value is -1.50. The van der Waals surface area contributed by atoms with Gasteiger partial charge in [0.05, 0.1) is 0 Å². The predicted octanol–water partition coefficient (Wildman–Crippen LogP) is 2.50. The molecule has 2 aliphatic carbocycles. The van der Waals surface area contributed by atoms with Crippen molar-refractivity contribution in [2.45, 2.75) is 5.92 Å². The molecule has 15 heavy (non-hydrogen) atoms. The van der Waals surface area contributed by atoms with Crippen molar-refractivity contribution in [2.24, 2.45) is 5.92 Å². The van der Waals surface area contributed by atoms with E-state index in [2.05, 4.69) is 56.9 Å². The Morgan fingerprint density at radius 2 is 1.93 bits per heavy atom. The summed E-state index contributed by atoms with van der Waals surface area (Å²) >= 11 is 0. The summed E-state index contributed by atoms with van der Waals surface area (Å²) in [5, 5.41) is 0. The van der Waals surface area contributed by atoms with Gasteiger partial charge in [-0.15, -0.1) is 0 Å². The van der Waals surface area contributed by atoms with Gasteiger partial charge in [-0.25, -0.2) is 0 Å². The highest BCUT2D eigenvalue weighted by Crippen LogP contribution is 2.48. The molecule has 0 bridgehead atoms. The molecule has 1 aromatic carbocycles. The minimum absolute atomic E-state index is 0.493. The highest BCUT2D eigenvalue weighted by molar-refractivity contribution is 6.23. The van der Waals surface area contributed by atoms with Gasteiger partial charge in [-0.2, -0.15) is 0 Å². The van der Waals surface area contributed by atoms with Gasteiger partial charge in [0.2, 0.25) is 0 Å². The summed E-state index contributed by atoms with van der Waals surface area (Å²) in [6.45, 7) is 4.24. The van der Waals surface area contributed by atoms with Crippen molar-refractivity contribution >= 4 is 13.4 Å².